The molecule has 0 heterocycles. The molecule has 0 radical (unpaired) electrons. The predicted octanol–water partition coefficient (Wildman–Crippen LogP) is 1.66. The fourth-order valence-corrected chi connectivity index (χ4v) is 9.68. The molecule has 0 spiro atoms. The third-order valence-electron chi connectivity index (χ3n) is 9.22. The van der Waals surface area contributed by atoms with Crippen molar-refractivity contribution in [3.05, 3.63) is 130 Å². The minimum Gasteiger partial charge on any atom is -0.323 e. The Labute approximate surface area is 275 Å². The van der Waals surface area contributed by atoms with E-state index in [9.17, 15) is 25.9 Å². The molecule has 0 aromatic heterocycles. The van der Waals surface area contributed by atoms with Crippen LogP contribution in [0.25, 0.3) is 11.1 Å². The van der Waals surface area contributed by atoms with Gasteiger partial charge in [0, 0.05) is 11.1 Å². The van der Waals surface area contributed by atoms with Crippen molar-refractivity contribution in [2.24, 2.45) is 33.4 Å². The fourth-order valence-electron chi connectivity index (χ4n) is 7.03. The van der Waals surface area contributed by atoms with Gasteiger partial charge in [0.25, 0.3) is 20.2 Å². The maximum absolute atomic E-state index is 13.3. The van der Waals surface area contributed by atoms with Crippen molar-refractivity contribution in [3.63, 3.8) is 0 Å². The predicted molar refractivity (Wildman–Crippen MR) is 182 cm³/mol. The van der Waals surface area contributed by atoms with Crippen LogP contribution in [-0.4, -0.2) is 60.9 Å². The van der Waals surface area contributed by atoms with E-state index in [4.69, 9.17) is 34.0 Å². The molecule has 0 amide bonds. The van der Waals surface area contributed by atoms with Crippen LogP contribution in [0.4, 0.5) is 0 Å². The van der Waals surface area contributed by atoms with Gasteiger partial charge in [-0.1, -0.05) is 97.1 Å². The standard InChI is InChI=1S/C32H30N8O6S2/c33-25-21-5-1-3-7-23(21)31(47(41,42)43,29(35)27(25)39-37)19-13-9-17(10-14-19)18-11-15-20(16-12-18)32(48(44,45)46)24-8-4-2-6-22(24)26(34)28(40-38)30(32)36/h1-16,29-30,33-34H,35-38H2,(H,41,42,43)(H,44,45,46)/b33-25?,34-26?,39-27-,40-28+. The monoisotopic (exact) mass is 686 g/mol. The van der Waals surface area contributed by atoms with Gasteiger partial charge in [-0.3, -0.25) is 19.9 Å². The largest absolute Gasteiger partial charge is 0.323 e. The lowest BCUT2D eigenvalue weighted by Crippen LogP contribution is -2.61. The summed E-state index contributed by atoms with van der Waals surface area (Å²) in [5.41, 5.74) is 14.0. The molecule has 0 bridgehead atoms. The highest BCUT2D eigenvalue weighted by molar-refractivity contribution is 7.87. The van der Waals surface area contributed by atoms with Gasteiger partial charge in [0.05, 0.1) is 23.5 Å². The molecular formula is C32H30N8O6S2. The average molecular weight is 687 g/mol. The summed E-state index contributed by atoms with van der Waals surface area (Å²) in [6.07, 6.45) is 0. The van der Waals surface area contributed by atoms with E-state index < -0.39 is 41.8 Å². The summed E-state index contributed by atoms with van der Waals surface area (Å²) in [4.78, 5) is 0. The molecule has 16 heteroatoms. The number of rotatable bonds is 5. The van der Waals surface area contributed by atoms with Gasteiger partial charge in [0.15, 0.2) is 9.49 Å². The Bertz CT molecular complexity index is 2130. The third kappa shape index (κ3) is 4.31. The Hall–Kier alpha value is -5.10. The van der Waals surface area contributed by atoms with E-state index in [1.54, 1.807) is 48.5 Å². The summed E-state index contributed by atoms with van der Waals surface area (Å²) in [5.74, 6) is 11.1. The molecule has 4 unspecified atom stereocenters. The molecule has 14 nitrogen and oxygen atoms in total. The van der Waals surface area contributed by atoms with Crippen LogP contribution in [-0.2, 0) is 29.7 Å². The number of nitrogens with zero attached hydrogens (tertiary/aromatic N) is 2. The Kier molecular flexibility index (Phi) is 7.70. The van der Waals surface area contributed by atoms with E-state index in [1.807, 2.05) is 0 Å². The highest BCUT2D eigenvalue weighted by atomic mass is 32.2. The fraction of sp³-hybridized carbons (Fsp3) is 0.125. The van der Waals surface area contributed by atoms with Gasteiger partial charge in [-0.05, 0) is 33.4 Å². The van der Waals surface area contributed by atoms with Gasteiger partial charge in [0.2, 0.25) is 0 Å². The van der Waals surface area contributed by atoms with Gasteiger partial charge >= 0.3 is 0 Å². The molecule has 12 N–H and O–H groups in total. The Morgan fingerprint density at radius 1 is 0.562 bits per heavy atom. The topological polar surface area (TPSA) is 285 Å². The quantitative estimate of drug-likeness (QED) is 0.0853. The van der Waals surface area contributed by atoms with Crippen molar-refractivity contribution < 1.29 is 25.9 Å². The lowest BCUT2D eigenvalue weighted by molar-refractivity contribution is 0.434. The van der Waals surface area contributed by atoms with E-state index in [0.717, 1.165) is 0 Å². The number of nitrogens with one attached hydrogen (secondary N) is 2. The minimum absolute atomic E-state index is 0.0857. The van der Waals surface area contributed by atoms with E-state index in [0.29, 0.717) is 11.1 Å². The van der Waals surface area contributed by atoms with Crippen LogP contribution < -0.4 is 23.2 Å². The maximum Gasteiger partial charge on any atom is 0.281 e. The zero-order valence-corrected chi connectivity index (χ0v) is 26.6. The molecule has 0 fully saturated rings. The van der Waals surface area contributed by atoms with Crippen LogP contribution in [0.3, 0.4) is 0 Å². The molecule has 246 valence electrons. The van der Waals surface area contributed by atoms with Gasteiger partial charge in [0.1, 0.15) is 11.4 Å². The summed E-state index contributed by atoms with van der Waals surface area (Å²) >= 11 is 0. The number of hydrogen-bond donors (Lipinski definition) is 8. The van der Waals surface area contributed by atoms with E-state index >= 15 is 0 Å². The number of nitrogens with two attached hydrogens (primary N) is 4. The van der Waals surface area contributed by atoms with Crippen LogP contribution >= 0.6 is 0 Å². The van der Waals surface area contributed by atoms with Crippen LogP contribution in [0.1, 0.15) is 33.4 Å². The van der Waals surface area contributed by atoms with Crippen LogP contribution in [0, 0.1) is 10.8 Å². The number of benzene rings is 4. The number of fused-ring (bicyclic) bond motifs is 2. The van der Waals surface area contributed by atoms with Crippen molar-refractivity contribution in [2.75, 3.05) is 0 Å². The molecule has 2 aliphatic carbocycles. The van der Waals surface area contributed by atoms with Crippen LogP contribution in [0.15, 0.2) is 107 Å². The smallest absolute Gasteiger partial charge is 0.281 e. The van der Waals surface area contributed by atoms with Crippen molar-refractivity contribution in [1.29, 1.82) is 10.8 Å². The second-order valence-corrected chi connectivity index (χ2v) is 14.6. The molecular weight excluding hydrogens is 657 g/mol. The van der Waals surface area contributed by atoms with Crippen molar-refractivity contribution in [3.8, 4) is 11.1 Å². The lowest BCUT2D eigenvalue weighted by Gasteiger charge is -2.42. The van der Waals surface area contributed by atoms with E-state index in [2.05, 4.69) is 10.2 Å². The second kappa shape index (κ2) is 11.3. The van der Waals surface area contributed by atoms with Crippen LogP contribution in [0.5, 0.6) is 0 Å². The first-order chi connectivity index (χ1) is 22.7. The molecule has 6 rings (SSSR count). The van der Waals surface area contributed by atoms with Crippen molar-refractivity contribution in [2.45, 2.75) is 21.6 Å². The molecule has 4 aromatic rings. The highest BCUT2D eigenvalue weighted by Gasteiger charge is 2.59. The van der Waals surface area contributed by atoms with Gasteiger partial charge in [-0.2, -0.15) is 27.0 Å². The molecule has 4 aromatic carbocycles. The summed E-state index contributed by atoms with van der Waals surface area (Å²) in [6, 6.07) is 21.5. The zero-order valence-electron chi connectivity index (χ0n) is 24.9. The first-order valence-electron chi connectivity index (χ1n) is 14.3. The second-order valence-electron chi connectivity index (χ2n) is 11.4. The molecule has 0 saturated carbocycles. The maximum atomic E-state index is 13.3. The Morgan fingerprint density at radius 2 is 0.875 bits per heavy atom. The average Bonchev–Trinajstić information content (AvgIpc) is 3.05. The van der Waals surface area contributed by atoms with Crippen LogP contribution in [0.2, 0.25) is 0 Å². The Morgan fingerprint density at radius 3 is 1.17 bits per heavy atom. The Balaban J connectivity index is 1.48. The van der Waals surface area contributed by atoms with Gasteiger partial charge < -0.3 is 23.2 Å². The molecule has 0 aliphatic heterocycles. The molecule has 2 aliphatic rings. The molecule has 0 saturated heterocycles. The first-order valence-corrected chi connectivity index (χ1v) is 17.2. The van der Waals surface area contributed by atoms with E-state index in [-0.39, 0.29) is 56.2 Å². The summed E-state index contributed by atoms with van der Waals surface area (Å²) in [7, 11) is -10.0. The summed E-state index contributed by atoms with van der Waals surface area (Å²) in [5, 5.41) is 24.3. The third-order valence-corrected chi connectivity index (χ3v) is 12.3. The minimum atomic E-state index is -5.01. The normalized spacial score (nSPS) is 25.9. The molecule has 4 atom stereocenters. The zero-order chi connectivity index (χ0) is 34.8. The number of hydrazone groups is 2. The van der Waals surface area contributed by atoms with Gasteiger partial charge in [-0.15, -0.1) is 0 Å². The van der Waals surface area contributed by atoms with Crippen molar-refractivity contribution >= 4 is 43.1 Å². The van der Waals surface area contributed by atoms with E-state index in [1.165, 1.54) is 48.5 Å². The van der Waals surface area contributed by atoms with Gasteiger partial charge in [-0.25, -0.2) is 0 Å². The highest BCUT2D eigenvalue weighted by Crippen LogP contribution is 2.47. The first kappa shape index (κ1) is 32.8. The SMILES string of the molecule is N=C1/C(=N\N)C(N)C(c2ccc(-c3ccc(C4(S(=O)(=O)O)c5ccccc5C(=N)/C(=N/N)C4N)cc3)cc2)(S(=O)(=O)O)c2ccccc21. The van der Waals surface area contributed by atoms with Crippen molar-refractivity contribution in [1.82, 2.24) is 0 Å². The summed E-state index contributed by atoms with van der Waals surface area (Å²) in [6.45, 7) is 0. The lowest BCUT2D eigenvalue weighted by atomic mass is 9.72. The molecule has 48 heavy (non-hydrogen) atoms. The number of hydrogen-bond acceptors (Lipinski definition) is 12. The summed E-state index contributed by atoms with van der Waals surface area (Å²) < 4.78 is 70.1.